The smallest absolute Gasteiger partial charge is 0.311 e. The molecule has 0 saturated carbocycles. The summed E-state index contributed by atoms with van der Waals surface area (Å²) in [6, 6.07) is 9.50. The molecule has 0 atom stereocenters. The number of ether oxygens (including phenoxy) is 4. The fourth-order valence-corrected chi connectivity index (χ4v) is 3.31. The summed E-state index contributed by atoms with van der Waals surface area (Å²) in [6.07, 6.45) is 4.03. The van der Waals surface area contributed by atoms with Gasteiger partial charge in [0, 0.05) is 33.1 Å². The highest BCUT2D eigenvalue weighted by atomic mass is 16.6. The maximum absolute atomic E-state index is 13.1. The molecule has 0 N–H and O–H groups in total. The molecule has 8 heteroatoms. The molecule has 8 nitrogen and oxygen atoms in total. The van der Waals surface area contributed by atoms with Crippen LogP contribution in [0.4, 0.5) is 0 Å². The molecule has 0 spiro atoms. The Kier molecular flexibility index (Phi) is 8.21. The van der Waals surface area contributed by atoms with Crippen molar-refractivity contribution in [3.63, 3.8) is 0 Å². The molecule has 0 amide bonds. The Labute approximate surface area is 191 Å². The van der Waals surface area contributed by atoms with E-state index in [1.807, 2.05) is 0 Å². The second kappa shape index (κ2) is 11.3. The number of benzene rings is 2. The lowest BCUT2D eigenvalue weighted by Crippen LogP contribution is -2.10. The minimum atomic E-state index is -0.428. The van der Waals surface area contributed by atoms with Gasteiger partial charge in [-0.05, 0) is 36.6 Å². The second-order valence-corrected chi connectivity index (χ2v) is 7.37. The van der Waals surface area contributed by atoms with Crippen LogP contribution in [-0.2, 0) is 14.3 Å². The lowest BCUT2D eigenvalue weighted by atomic mass is 10.1. The van der Waals surface area contributed by atoms with Crippen LogP contribution in [0.2, 0.25) is 0 Å². The first-order valence-corrected chi connectivity index (χ1v) is 10.5. The minimum Gasteiger partial charge on any atom is -0.493 e. The number of carbonyl (C=O) groups excluding carboxylic acids is 2. The van der Waals surface area contributed by atoms with Crippen LogP contribution in [0.15, 0.2) is 51.9 Å². The number of unbranched alkanes of at least 4 members (excludes halogenated alkanes) is 2. The van der Waals surface area contributed by atoms with E-state index in [-0.39, 0.29) is 34.3 Å². The Balaban J connectivity index is 1.82. The van der Waals surface area contributed by atoms with Gasteiger partial charge in [0.2, 0.25) is 5.43 Å². The summed E-state index contributed by atoms with van der Waals surface area (Å²) in [7, 11) is 3.07. The monoisotopic (exact) mass is 454 g/mol. The summed E-state index contributed by atoms with van der Waals surface area (Å²) >= 11 is 0. The molecule has 0 aliphatic rings. The van der Waals surface area contributed by atoms with Crippen LogP contribution < -0.4 is 19.6 Å². The van der Waals surface area contributed by atoms with Crippen molar-refractivity contribution in [1.29, 1.82) is 0 Å². The minimum absolute atomic E-state index is 0.188. The summed E-state index contributed by atoms with van der Waals surface area (Å²) in [5.41, 5.74) is 0.930. The summed E-state index contributed by atoms with van der Waals surface area (Å²) in [6.45, 7) is 1.97. The zero-order valence-electron chi connectivity index (χ0n) is 18.8. The lowest BCUT2D eigenvalue weighted by molar-refractivity contribution is -0.134. The summed E-state index contributed by atoms with van der Waals surface area (Å²) < 4.78 is 26.5. The third kappa shape index (κ3) is 6.20. The van der Waals surface area contributed by atoms with Crippen molar-refractivity contribution in [3.05, 3.63) is 52.9 Å². The van der Waals surface area contributed by atoms with Crippen molar-refractivity contribution < 1.29 is 33.0 Å². The van der Waals surface area contributed by atoms with Crippen LogP contribution >= 0.6 is 0 Å². The summed E-state index contributed by atoms with van der Waals surface area (Å²) in [5, 5.41) is 0.285. The number of fused-ring (bicyclic) bond motifs is 1. The maximum atomic E-state index is 13.1. The Bertz CT molecular complexity index is 1180. The van der Waals surface area contributed by atoms with Gasteiger partial charge in [0.25, 0.3) is 0 Å². The number of hydrogen-bond acceptors (Lipinski definition) is 8. The lowest BCUT2D eigenvalue weighted by Gasteiger charge is -2.11. The number of methoxy groups -OCH3 is 2. The Morgan fingerprint density at radius 3 is 2.36 bits per heavy atom. The van der Waals surface area contributed by atoms with Gasteiger partial charge >= 0.3 is 11.9 Å². The fourth-order valence-electron chi connectivity index (χ4n) is 3.31. The second-order valence-electron chi connectivity index (χ2n) is 7.37. The van der Waals surface area contributed by atoms with E-state index in [1.165, 1.54) is 32.4 Å². The largest absolute Gasteiger partial charge is 0.493 e. The first kappa shape index (κ1) is 24.0. The van der Waals surface area contributed by atoms with Gasteiger partial charge in [-0.25, -0.2) is 0 Å². The zero-order chi connectivity index (χ0) is 23.8. The molecule has 0 aliphatic carbocycles. The van der Waals surface area contributed by atoms with E-state index in [9.17, 15) is 14.4 Å². The van der Waals surface area contributed by atoms with Gasteiger partial charge in [0.1, 0.15) is 17.6 Å². The molecule has 174 valence electrons. The van der Waals surface area contributed by atoms with Gasteiger partial charge in [-0.15, -0.1) is 0 Å². The third-order valence-electron chi connectivity index (χ3n) is 4.94. The average Bonchev–Trinajstić information content (AvgIpc) is 2.79. The van der Waals surface area contributed by atoms with E-state index in [4.69, 9.17) is 23.4 Å². The van der Waals surface area contributed by atoms with Gasteiger partial charge in [-0.1, -0.05) is 18.6 Å². The van der Waals surface area contributed by atoms with Crippen molar-refractivity contribution in [3.8, 4) is 28.4 Å². The molecule has 0 radical (unpaired) electrons. The third-order valence-corrected chi connectivity index (χ3v) is 4.94. The molecule has 3 rings (SSSR count). The first-order chi connectivity index (χ1) is 15.9. The van der Waals surface area contributed by atoms with Gasteiger partial charge < -0.3 is 23.4 Å². The van der Waals surface area contributed by atoms with E-state index < -0.39 is 11.9 Å². The van der Waals surface area contributed by atoms with E-state index in [0.29, 0.717) is 29.9 Å². The normalized spacial score (nSPS) is 10.8. The molecule has 1 aromatic heterocycles. The molecule has 0 saturated heterocycles. The van der Waals surface area contributed by atoms with Crippen molar-refractivity contribution in [2.45, 2.75) is 32.6 Å². The SMILES string of the molecule is COCCCCCC(=O)Oc1cc2occ(-c3ccc(OC(C)=O)cc3)c(=O)c2cc1OC. The molecule has 3 aromatic rings. The molecule has 0 unspecified atom stereocenters. The van der Waals surface area contributed by atoms with E-state index >= 15 is 0 Å². The average molecular weight is 454 g/mol. The number of carbonyl (C=O) groups is 2. The Morgan fingerprint density at radius 2 is 1.70 bits per heavy atom. The zero-order valence-corrected chi connectivity index (χ0v) is 18.8. The highest BCUT2D eigenvalue weighted by Crippen LogP contribution is 2.33. The highest BCUT2D eigenvalue weighted by molar-refractivity contribution is 5.86. The van der Waals surface area contributed by atoms with Crippen molar-refractivity contribution in [2.24, 2.45) is 0 Å². The molecule has 0 aliphatic heterocycles. The molecule has 0 fully saturated rings. The van der Waals surface area contributed by atoms with Gasteiger partial charge in [0.15, 0.2) is 11.5 Å². The molecule has 2 aromatic carbocycles. The predicted octanol–water partition coefficient (Wildman–Crippen LogP) is 4.51. The van der Waals surface area contributed by atoms with Gasteiger partial charge in [-0.2, -0.15) is 0 Å². The van der Waals surface area contributed by atoms with E-state index in [2.05, 4.69) is 0 Å². The standard InChI is InChI=1S/C25H26O8/c1-16(26)32-18-10-8-17(9-11-18)20-15-31-21-14-23(22(30-3)13-19(21)25(20)28)33-24(27)7-5-4-6-12-29-2/h8-11,13-15H,4-7,12H2,1-3H3. The van der Waals surface area contributed by atoms with E-state index in [1.54, 1.807) is 31.4 Å². The van der Waals surface area contributed by atoms with Crippen LogP contribution in [0.25, 0.3) is 22.1 Å². The van der Waals surface area contributed by atoms with Crippen LogP contribution in [-0.4, -0.2) is 32.8 Å². The maximum Gasteiger partial charge on any atom is 0.311 e. The topological polar surface area (TPSA) is 101 Å². The molecular weight excluding hydrogens is 428 g/mol. The summed E-state index contributed by atoms with van der Waals surface area (Å²) in [4.78, 5) is 36.4. The van der Waals surface area contributed by atoms with Gasteiger partial charge in [0.05, 0.1) is 18.1 Å². The van der Waals surface area contributed by atoms with Gasteiger partial charge in [-0.3, -0.25) is 14.4 Å². The van der Waals surface area contributed by atoms with Crippen molar-refractivity contribution >= 4 is 22.9 Å². The molecular formula is C25H26O8. The molecule has 0 bridgehead atoms. The Morgan fingerprint density at radius 1 is 0.939 bits per heavy atom. The summed E-state index contributed by atoms with van der Waals surface area (Å²) in [5.74, 6) is 0.00114. The number of rotatable bonds is 10. The van der Waals surface area contributed by atoms with Crippen molar-refractivity contribution in [1.82, 2.24) is 0 Å². The van der Waals surface area contributed by atoms with E-state index in [0.717, 1.165) is 12.8 Å². The number of hydrogen-bond donors (Lipinski definition) is 0. The van der Waals surface area contributed by atoms with Crippen LogP contribution in [0, 0.1) is 0 Å². The first-order valence-electron chi connectivity index (χ1n) is 10.5. The fraction of sp³-hybridized carbons (Fsp3) is 0.320. The number of esters is 2. The highest BCUT2D eigenvalue weighted by Gasteiger charge is 2.16. The predicted molar refractivity (Wildman–Crippen MR) is 122 cm³/mol. The molecule has 33 heavy (non-hydrogen) atoms. The van der Waals surface area contributed by atoms with Crippen LogP contribution in [0.1, 0.15) is 32.6 Å². The quantitative estimate of drug-likeness (QED) is 0.251. The Hall–Kier alpha value is -3.65. The molecule has 1 heterocycles. The van der Waals surface area contributed by atoms with Crippen molar-refractivity contribution in [2.75, 3.05) is 20.8 Å². The van der Waals surface area contributed by atoms with Crippen LogP contribution in [0.3, 0.4) is 0 Å². The van der Waals surface area contributed by atoms with Crippen LogP contribution in [0.5, 0.6) is 17.2 Å².